The van der Waals surface area contributed by atoms with Crippen LogP contribution in [0.3, 0.4) is 0 Å². The van der Waals surface area contributed by atoms with Gasteiger partial charge >= 0.3 is 0 Å². The van der Waals surface area contributed by atoms with Crippen molar-refractivity contribution in [3.8, 4) is 0 Å². The second-order valence-corrected chi connectivity index (χ2v) is 8.23. The van der Waals surface area contributed by atoms with Crippen LogP contribution in [0.4, 0.5) is 0 Å². The molecule has 1 aliphatic heterocycles. The molecule has 5 heteroatoms. The minimum absolute atomic E-state index is 0.0941. The largest absolute Gasteiger partial charge is 0.304 e. The highest BCUT2D eigenvalue weighted by Crippen LogP contribution is 2.33. The number of rotatable bonds is 4. The first kappa shape index (κ1) is 13.8. The number of hydrogen-bond acceptors (Lipinski definition) is 4. The predicted molar refractivity (Wildman–Crippen MR) is 81.8 cm³/mol. The van der Waals surface area contributed by atoms with E-state index >= 15 is 0 Å². The van der Waals surface area contributed by atoms with Gasteiger partial charge in [0.05, 0.1) is 10.6 Å². The van der Waals surface area contributed by atoms with Crippen molar-refractivity contribution in [1.29, 1.82) is 0 Å². The third kappa shape index (κ3) is 2.53. The lowest BCUT2D eigenvalue weighted by atomic mass is 10.1. The fourth-order valence-corrected chi connectivity index (χ4v) is 5.23. The molecule has 1 unspecified atom stereocenters. The van der Waals surface area contributed by atoms with Crippen molar-refractivity contribution < 1.29 is 8.42 Å². The number of aryl methyl sites for hydroxylation is 1. The van der Waals surface area contributed by atoms with E-state index in [0.29, 0.717) is 4.90 Å². The van der Waals surface area contributed by atoms with Gasteiger partial charge in [-0.3, -0.25) is 0 Å². The van der Waals surface area contributed by atoms with Crippen molar-refractivity contribution in [3.05, 3.63) is 51.7 Å². The summed E-state index contributed by atoms with van der Waals surface area (Å²) in [5, 5.41) is 3.38. The molecule has 2 heterocycles. The number of nitrogens with one attached hydrogen (secondary N) is 1. The van der Waals surface area contributed by atoms with Crippen LogP contribution in [0.2, 0.25) is 0 Å². The van der Waals surface area contributed by atoms with Crippen molar-refractivity contribution in [2.75, 3.05) is 5.75 Å². The normalized spacial score (nSPS) is 19.9. The second-order valence-electron chi connectivity index (χ2n) is 4.97. The van der Waals surface area contributed by atoms with Gasteiger partial charge in [0, 0.05) is 22.3 Å². The molecule has 0 fully saturated rings. The number of fused-ring (bicyclic) bond motifs is 1. The van der Waals surface area contributed by atoms with Gasteiger partial charge in [-0.2, -0.15) is 0 Å². The molecule has 0 amide bonds. The summed E-state index contributed by atoms with van der Waals surface area (Å²) in [5.74, 6) is 0.165. The average Bonchev–Trinajstić information content (AvgIpc) is 3.00. The number of sulfone groups is 1. The Morgan fingerprint density at radius 1 is 1.20 bits per heavy atom. The van der Waals surface area contributed by atoms with Gasteiger partial charge in [-0.05, 0) is 30.2 Å². The maximum atomic E-state index is 12.1. The van der Waals surface area contributed by atoms with Crippen LogP contribution in [-0.4, -0.2) is 14.2 Å². The van der Waals surface area contributed by atoms with Gasteiger partial charge < -0.3 is 5.32 Å². The summed E-state index contributed by atoms with van der Waals surface area (Å²) >= 11 is 1.79. The van der Waals surface area contributed by atoms with Gasteiger partial charge in [-0.15, -0.1) is 11.3 Å². The Labute approximate surface area is 123 Å². The first-order chi connectivity index (χ1) is 9.60. The van der Waals surface area contributed by atoms with E-state index in [1.807, 2.05) is 12.1 Å². The Hall–Kier alpha value is -1.17. The third-order valence-electron chi connectivity index (χ3n) is 3.60. The van der Waals surface area contributed by atoms with Crippen LogP contribution in [-0.2, 0) is 22.8 Å². The summed E-state index contributed by atoms with van der Waals surface area (Å²) in [6, 6.07) is 11.5. The monoisotopic (exact) mass is 307 g/mol. The summed E-state index contributed by atoms with van der Waals surface area (Å²) in [7, 11) is -3.12. The highest BCUT2D eigenvalue weighted by atomic mass is 32.2. The maximum Gasteiger partial charge on any atom is 0.180 e. The Balaban J connectivity index is 1.76. The molecule has 1 N–H and O–H groups in total. The Bertz CT molecular complexity index is 719. The minimum atomic E-state index is -3.12. The summed E-state index contributed by atoms with van der Waals surface area (Å²) in [5.41, 5.74) is 0.903. The van der Waals surface area contributed by atoms with Crippen molar-refractivity contribution in [2.45, 2.75) is 30.8 Å². The minimum Gasteiger partial charge on any atom is -0.304 e. The molecule has 0 bridgehead atoms. The van der Waals surface area contributed by atoms with Crippen LogP contribution in [0, 0.1) is 0 Å². The van der Waals surface area contributed by atoms with Crippen LogP contribution in [0.1, 0.15) is 28.3 Å². The molecule has 1 atom stereocenters. The molecule has 2 aromatic rings. The molecule has 106 valence electrons. The quantitative estimate of drug-likeness (QED) is 0.944. The van der Waals surface area contributed by atoms with Crippen LogP contribution >= 0.6 is 11.3 Å². The van der Waals surface area contributed by atoms with Gasteiger partial charge in [0.25, 0.3) is 0 Å². The molecule has 0 aliphatic carbocycles. The fraction of sp³-hybridized carbons (Fsp3) is 0.333. The van der Waals surface area contributed by atoms with E-state index in [1.54, 1.807) is 23.5 Å². The molecule has 3 nitrogen and oxygen atoms in total. The number of thiophene rings is 1. The molecule has 1 aromatic carbocycles. The summed E-state index contributed by atoms with van der Waals surface area (Å²) in [6.45, 7) is 2.86. The lowest BCUT2D eigenvalue weighted by Crippen LogP contribution is -2.21. The van der Waals surface area contributed by atoms with E-state index in [1.165, 1.54) is 9.75 Å². The molecule has 0 spiro atoms. The van der Waals surface area contributed by atoms with Crippen LogP contribution in [0.15, 0.2) is 41.3 Å². The van der Waals surface area contributed by atoms with Crippen molar-refractivity contribution >= 4 is 21.2 Å². The average molecular weight is 307 g/mol. The summed E-state index contributed by atoms with van der Waals surface area (Å²) < 4.78 is 24.2. The van der Waals surface area contributed by atoms with Crippen LogP contribution in [0.25, 0.3) is 0 Å². The van der Waals surface area contributed by atoms with E-state index < -0.39 is 9.84 Å². The Kier molecular flexibility index (Phi) is 3.67. The SMILES string of the molecule is CCc1ccc(CNC2CS(=O)(=O)c3ccccc32)s1. The zero-order valence-electron chi connectivity index (χ0n) is 11.3. The first-order valence-corrected chi connectivity index (χ1v) is 9.19. The number of hydrogen-bond donors (Lipinski definition) is 1. The molecule has 0 saturated heterocycles. The zero-order chi connectivity index (χ0) is 14.2. The van der Waals surface area contributed by atoms with Crippen molar-refractivity contribution in [2.24, 2.45) is 0 Å². The zero-order valence-corrected chi connectivity index (χ0v) is 12.9. The molecule has 1 aliphatic rings. The van der Waals surface area contributed by atoms with E-state index in [-0.39, 0.29) is 11.8 Å². The Morgan fingerprint density at radius 2 is 1.95 bits per heavy atom. The second kappa shape index (κ2) is 5.31. The summed E-state index contributed by atoms with van der Waals surface area (Å²) in [6.07, 6.45) is 1.05. The molecular formula is C15H17NO2S2. The van der Waals surface area contributed by atoms with Gasteiger partial charge in [0.1, 0.15) is 0 Å². The molecule has 1 aromatic heterocycles. The van der Waals surface area contributed by atoms with Crippen molar-refractivity contribution in [3.63, 3.8) is 0 Å². The molecule has 0 radical (unpaired) electrons. The maximum absolute atomic E-state index is 12.1. The van der Waals surface area contributed by atoms with E-state index in [9.17, 15) is 8.42 Å². The smallest absolute Gasteiger partial charge is 0.180 e. The standard InChI is InChI=1S/C15H17NO2S2/c1-2-11-7-8-12(19-11)9-16-14-10-20(17,18)15-6-4-3-5-13(14)15/h3-8,14,16H,2,9-10H2,1H3. The van der Waals surface area contributed by atoms with Gasteiger partial charge in [0.2, 0.25) is 0 Å². The van der Waals surface area contributed by atoms with Gasteiger partial charge in [-0.1, -0.05) is 25.1 Å². The molecule has 0 saturated carbocycles. The highest BCUT2D eigenvalue weighted by Gasteiger charge is 2.33. The van der Waals surface area contributed by atoms with Crippen LogP contribution < -0.4 is 5.32 Å². The molecule has 3 rings (SSSR count). The van der Waals surface area contributed by atoms with E-state index in [2.05, 4.69) is 24.4 Å². The highest BCUT2D eigenvalue weighted by molar-refractivity contribution is 7.91. The molecular weight excluding hydrogens is 290 g/mol. The van der Waals surface area contributed by atoms with E-state index in [4.69, 9.17) is 0 Å². The van der Waals surface area contributed by atoms with Crippen LogP contribution in [0.5, 0.6) is 0 Å². The lowest BCUT2D eigenvalue weighted by molar-refractivity contribution is 0.569. The lowest BCUT2D eigenvalue weighted by Gasteiger charge is -2.11. The van der Waals surface area contributed by atoms with E-state index in [0.717, 1.165) is 18.5 Å². The fourth-order valence-electron chi connectivity index (χ4n) is 2.55. The Morgan fingerprint density at radius 3 is 2.70 bits per heavy atom. The molecule has 20 heavy (non-hydrogen) atoms. The summed E-state index contributed by atoms with van der Waals surface area (Å²) in [4.78, 5) is 3.10. The van der Waals surface area contributed by atoms with Gasteiger partial charge in [-0.25, -0.2) is 8.42 Å². The number of benzene rings is 1. The first-order valence-electron chi connectivity index (χ1n) is 6.73. The predicted octanol–water partition coefficient (Wildman–Crippen LogP) is 2.93. The van der Waals surface area contributed by atoms with Gasteiger partial charge in [0.15, 0.2) is 9.84 Å². The van der Waals surface area contributed by atoms with Crippen molar-refractivity contribution in [1.82, 2.24) is 5.32 Å². The topological polar surface area (TPSA) is 46.2 Å². The third-order valence-corrected chi connectivity index (χ3v) is 6.65.